The van der Waals surface area contributed by atoms with Crippen LogP contribution < -0.4 is 5.32 Å². The molecule has 0 aromatic carbocycles. The summed E-state index contributed by atoms with van der Waals surface area (Å²) >= 11 is 5.63. The average Bonchev–Trinajstić information content (AvgIpc) is 2.34. The van der Waals surface area contributed by atoms with E-state index in [1.54, 1.807) is 0 Å². The van der Waals surface area contributed by atoms with Gasteiger partial charge in [-0.15, -0.1) is 0 Å². The number of rotatable bonds is 3. The smallest absolute Gasteiger partial charge is 0.166 e. The number of aliphatic hydroxyl groups excluding tert-OH is 1. The number of hydrogen-bond donors (Lipinski definition) is 2. The van der Waals surface area contributed by atoms with E-state index in [0.717, 1.165) is 0 Å². The van der Waals surface area contributed by atoms with Crippen LogP contribution in [0.1, 0.15) is 12.8 Å². The zero-order valence-electron chi connectivity index (χ0n) is 9.25. The van der Waals surface area contributed by atoms with Gasteiger partial charge in [-0.1, -0.05) is 11.6 Å². The van der Waals surface area contributed by atoms with Gasteiger partial charge in [-0.2, -0.15) is 0 Å². The Hall–Kier alpha value is -0.910. The fourth-order valence-corrected chi connectivity index (χ4v) is 1.99. The molecule has 0 aliphatic carbocycles. The fourth-order valence-electron chi connectivity index (χ4n) is 1.84. The number of halogens is 2. The summed E-state index contributed by atoms with van der Waals surface area (Å²) in [4.78, 5) is 3.89. The molecule has 1 aliphatic heterocycles. The number of ether oxygens (including phenoxy) is 1. The van der Waals surface area contributed by atoms with Crippen LogP contribution in [0.3, 0.4) is 0 Å². The second-order valence-corrected chi connectivity index (χ2v) is 4.60. The van der Waals surface area contributed by atoms with Crippen molar-refractivity contribution in [3.8, 4) is 0 Å². The van der Waals surface area contributed by atoms with Gasteiger partial charge in [0.1, 0.15) is 0 Å². The van der Waals surface area contributed by atoms with Crippen LogP contribution in [0.5, 0.6) is 0 Å². The van der Waals surface area contributed by atoms with Gasteiger partial charge in [-0.05, 0) is 18.9 Å². The number of aliphatic hydroxyl groups is 1. The Morgan fingerprint density at radius 3 is 2.82 bits per heavy atom. The molecule has 0 spiro atoms. The Kier molecular flexibility index (Phi) is 3.81. The highest BCUT2D eigenvalue weighted by molar-refractivity contribution is 6.30. The van der Waals surface area contributed by atoms with Crippen molar-refractivity contribution < 1.29 is 14.2 Å². The maximum absolute atomic E-state index is 13.6. The number of nitrogens with zero attached hydrogens (tertiary/aromatic N) is 1. The van der Waals surface area contributed by atoms with Crippen LogP contribution in [-0.2, 0) is 4.74 Å². The van der Waals surface area contributed by atoms with Crippen LogP contribution in [0.2, 0.25) is 5.02 Å². The third-order valence-electron chi connectivity index (χ3n) is 2.94. The van der Waals surface area contributed by atoms with Gasteiger partial charge in [0.25, 0.3) is 0 Å². The Morgan fingerprint density at radius 1 is 1.53 bits per heavy atom. The van der Waals surface area contributed by atoms with Crippen LogP contribution in [0.25, 0.3) is 0 Å². The molecular weight excluding hydrogens is 247 g/mol. The molecule has 0 saturated carbocycles. The van der Waals surface area contributed by atoms with Crippen LogP contribution >= 0.6 is 11.6 Å². The molecule has 2 N–H and O–H groups in total. The normalized spacial score (nSPS) is 19.0. The molecule has 1 aromatic heterocycles. The van der Waals surface area contributed by atoms with E-state index in [9.17, 15) is 9.50 Å². The predicted molar refractivity (Wildman–Crippen MR) is 62.7 cm³/mol. The number of aromatic nitrogens is 1. The summed E-state index contributed by atoms with van der Waals surface area (Å²) in [5.41, 5.74) is -0.556. The monoisotopic (exact) mass is 260 g/mol. The van der Waals surface area contributed by atoms with Gasteiger partial charge in [-0.3, -0.25) is 0 Å². The van der Waals surface area contributed by atoms with Gasteiger partial charge in [0.15, 0.2) is 11.6 Å². The third-order valence-corrected chi connectivity index (χ3v) is 3.15. The van der Waals surface area contributed by atoms with Crippen molar-refractivity contribution in [2.45, 2.75) is 18.4 Å². The van der Waals surface area contributed by atoms with Crippen molar-refractivity contribution in [1.29, 1.82) is 0 Å². The van der Waals surface area contributed by atoms with Crippen molar-refractivity contribution in [2.75, 3.05) is 25.1 Å². The Bertz CT molecular complexity index is 397. The highest BCUT2D eigenvalue weighted by Gasteiger charge is 2.32. The standard InChI is InChI=1S/C11H14ClFN2O2/c12-8-5-9(13)10(14-6-8)15-11(7-16)1-3-17-4-2-11/h5-6,16H,1-4,7H2,(H,14,15). The van der Waals surface area contributed by atoms with Gasteiger partial charge in [0.2, 0.25) is 0 Å². The molecule has 4 nitrogen and oxygen atoms in total. The minimum absolute atomic E-state index is 0.0832. The quantitative estimate of drug-likeness (QED) is 0.871. The lowest BCUT2D eigenvalue weighted by molar-refractivity contribution is 0.0377. The summed E-state index contributed by atoms with van der Waals surface area (Å²) in [5, 5.41) is 12.7. The Balaban J connectivity index is 2.17. The van der Waals surface area contributed by atoms with E-state index in [2.05, 4.69) is 10.3 Å². The third kappa shape index (κ3) is 2.86. The topological polar surface area (TPSA) is 54.4 Å². The molecule has 1 aliphatic rings. The summed E-state index contributed by atoms with van der Waals surface area (Å²) < 4.78 is 18.8. The molecule has 0 amide bonds. The first-order chi connectivity index (χ1) is 8.15. The van der Waals surface area contributed by atoms with Crippen LogP contribution in [0, 0.1) is 5.82 Å². The SMILES string of the molecule is OCC1(Nc2ncc(Cl)cc2F)CCOCC1. The summed E-state index contributed by atoms with van der Waals surface area (Å²) in [7, 11) is 0. The highest BCUT2D eigenvalue weighted by atomic mass is 35.5. The van der Waals surface area contributed by atoms with Crippen molar-refractivity contribution in [1.82, 2.24) is 4.98 Å². The maximum atomic E-state index is 13.6. The number of hydrogen-bond acceptors (Lipinski definition) is 4. The van der Waals surface area contributed by atoms with Crippen LogP contribution in [0.4, 0.5) is 10.2 Å². The molecule has 1 aromatic rings. The van der Waals surface area contributed by atoms with Gasteiger partial charge in [0.05, 0.1) is 17.2 Å². The first-order valence-corrected chi connectivity index (χ1v) is 5.81. The molecule has 0 radical (unpaired) electrons. The van der Waals surface area contributed by atoms with Gasteiger partial charge < -0.3 is 15.2 Å². The minimum Gasteiger partial charge on any atom is -0.394 e. The molecule has 0 atom stereocenters. The molecular formula is C11H14ClFN2O2. The molecule has 0 unspecified atom stereocenters. The van der Waals surface area contributed by atoms with E-state index in [0.29, 0.717) is 26.1 Å². The molecule has 0 bridgehead atoms. The zero-order valence-corrected chi connectivity index (χ0v) is 10.0. The van der Waals surface area contributed by atoms with E-state index in [-0.39, 0.29) is 17.4 Å². The van der Waals surface area contributed by atoms with Gasteiger partial charge in [-0.25, -0.2) is 9.37 Å². The zero-order chi connectivity index (χ0) is 12.3. The molecule has 2 heterocycles. The van der Waals surface area contributed by atoms with Gasteiger partial charge in [0, 0.05) is 19.4 Å². The van der Waals surface area contributed by atoms with Crippen LogP contribution in [-0.4, -0.2) is 35.5 Å². The van der Waals surface area contributed by atoms with Crippen molar-refractivity contribution in [3.05, 3.63) is 23.1 Å². The number of pyridine rings is 1. The number of anilines is 1. The fraction of sp³-hybridized carbons (Fsp3) is 0.545. The van der Waals surface area contributed by atoms with E-state index in [1.807, 2.05) is 0 Å². The predicted octanol–water partition coefficient (Wildman–Crippen LogP) is 1.83. The van der Waals surface area contributed by atoms with E-state index >= 15 is 0 Å². The maximum Gasteiger partial charge on any atom is 0.166 e. The lowest BCUT2D eigenvalue weighted by atomic mass is 9.91. The summed E-state index contributed by atoms with van der Waals surface area (Å²) in [6.45, 7) is 1.01. The van der Waals surface area contributed by atoms with E-state index in [1.165, 1.54) is 12.3 Å². The molecule has 1 fully saturated rings. The largest absolute Gasteiger partial charge is 0.394 e. The number of nitrogens with one attached hydrogen (secondary N) is 1. The van der Waals surface area contributed by atoms with E-state index < -0.39 is 11.4 Å². The summed E-state index contributed by atoms with van der Waals surface area (Å²) in [6.07, 6.45) is 2.61. The van der Waals surface area contributed by atoms with Crippen molar-refractivity contribution in [3.63, 3.8) is 0 Å². The first kappa shape index (κ1) is 12.5. The van der Waals surface area contributed by atoms with Crippen molar-refractivity contribution >= 4 is 17.4 Å². The molecule has 94 valence electrons. The van der Waals surface area contributed by atoms with Gasteiger partial charge >= 0.3 is 0 Å². The summed E-state index contributed by atoms with van der Waals surface area (Å²) in [6, 6.07) is 1.20. The molecule has 2 rings (SSSR count). The second kappa shape index (κ2) is 5.16. The van der Waals surface area contributed by atoms with E-state index in [4.69, 9.17) is 16.3 Å². The lowest BCUT2D eigenvalue weighted by Gasteiger charge is -2.36. The second-order valence-electron chi connectivity index (χ2n) is 4.16. The average molecular weight is 261 g/mol. The van der Waals surface area contributed by atoms with Crippen molar-refractivity contribution in [2.24, 2.45) is 0 Å². The molecule has 1 saturated heterocycles. The molecule has 17 heavy (non-hydrogen) atoms. The Labute approximate surface area is 104 Å². The highest BCUT2D eigenvalue weighted by Crippen LogP contribution is 2.26. The Morgan fingerprint density at radius 2 is 2.24 bits per heavy atom. The summed E-state index contributed by atoms with van der Waals surface area (Å²) in [5.74, 6) is -0.401. The lowest BCUT2D eigenvalue weighted by Crippen LogP contribution is -2.47. The first-order valence-electron chi connectivity index (χ1n) is 5.43. The van der Waals surface area contributed by atoms with Crippen LogP contribution in [0.15, 0.2) is 12.3 Å². The minimum atomic E-state index is -0.556. The molecule has 6 heteroatoms.